The standard InChI is InChI=1S/C21H18F6N4O2/c1-33-16-9-17(19-29-28-18(11-32)31(19)10-16)30-4-2-12(3-5-30)13-6-14(20(22,23)24)8-15(7-13)21(25,26)27/h6-12H,2-5H2,1H3. The van der Waals surface area contributed by atoms with Gasteiger partial charge >= 0.3 is 12.4 Å². The van der Waals surface area contributed by atoms with Crippen molar-refractivity contribution in [3.63, 3.8) is 0 Å². The summed E-state index contributed by atoms with van der Waals surface area (Å²) in [4.78, 5) is 13.1. The van der Waals surface area contributed by atoms with E-state index in [1.807, 2.05) is 4.90 Å². The number of aromatic nitrogens is 3. The molecule has 4 rings (SSSR count). The lowest BCUT2D eigenvalue weighted by Crippen LogP contribution is -2.33. The summed E-state index contributed by atoms with van der Waals surface area (Å²) in [6, 6.07) is 3.44. The number of halogens is 6. The third-order valence-corrected chi connectivity index (χ3v) is 5.74. The molecule has 1 aliphatic heterocycles. The molecule has 1 aromatic carbocycles. The van der Waals surface area contributed by atoms with Gasteiger partial charge in [-0.2, -0.15) is 26.3 Å². The molecule has 1 aliphatic rings. The number of ether oxygens (including phenoxy) is 1. The van der Waals surface area contributed by atoms with Crippen molar-refractivity contribution < 1.29 is 35.9 Å². The Hall–Kier alpha value is -3.31. The largest absolute Gasteiger partial charge is 0.495 e. The first kappa shape index (κ1) is 22.9. The summed E-state index contributed by atoms with van der Waals surface area (Å²) < 4.78 is 86.0. The van der Waals surface area contributed by atoms with Crippen molar-refractivity contribution in [2.75, 3.05) is 25.1 Å². The highest BCUT2D eigenvalue weighted by Crippen LogP contribution is 2.40. The molecule has 0 spiro atoms. The van der Waals surface area contributed by atoms with Crippen molar-refractivity contribution in [2.45, 2.75) is 31.1 Å². The SMILES string of the molecule is COc1cc(N2CCC(c3cc(C(F)(F)F)cc(C(F)(F)F)c3)CC2)c2nnc(C=O)n2c1. The van der Waals surface area contributed by atoms with E-state index in [0.717, 1.165) is 12.1 Å². The highest BCUT2D eigenvalue weighted by Gasteiger charge is 2.38. The Balaban J connectivity index is 1.63. The molecular formula is C21H18F6N4O2. The molecule has 0 saturated carbocycles. The van der Waals surface area contributed by atoms with E-state index in [4.69, 9.17) is 4.74 Å². The molecule has 1 fully saturated rings. The van der Waals surface area contributed by atoms with Gasteiger partial charge in [0, 0.05) is 19.2 Å². The molecule has 0 amide bonds. The molecule has 2 aromatic heterocycles. The minimum absolute atomic E-state index is 0.0123. The Morgan fingerprint density at radius 2 is 1.58 bits per heavy atom. The van der Waals surface area contributed by atoms with Gasteiger partial charge < -0.3 is 9.64 Å². The number of nitrogens with zero attached hydrogens (tertiary/aromatic N) is 4. The fraction of sp³-hybridized carbons (Fsp3) is 0.381. The van der Waals surface area contributed by atoms with Gasteiger partial charge in [-0.15, -0.1) is 10.2 Å². The molecule has 33 heavy (non-hydrogen) atoms. The van der Waals surface area contributed by atoms with E-state index in [-0.39, 0.29) is 17.5 Å². The van der Waals surface area contributed by atoms with Crippen LogP contribution >= 0.6 is 0 Å². The van der Waals surface area contributed by atoms with Gasteiger partial charge in [0.25, 0.3) is 0 Å². The highest BCUT2D eigenvalue weighted by atomic mass is 19.4. The van der Waals surface area contributed by atoms with Gasteiger partial charge in [-0.25, -0.2) is 0 Å². The van der Waals surface area contributed by atoms with E-state index in [1.165, 1.54) is 11.5 Å². The van der Waals surface area contributed by atoms with Crippen LogP contribution in [0.15, 0.2) is 30.5 Å². The number of fused-ring (bicyclic) bond motifs is 1. The van der Waals surface area contributed by atoms with Crippen LogP contribution in [0.5, 0.6) is 5.75 Å². The maximum atomic E-state index is 13.2. The van der Waals surface area contributed by atoms with Gasteiger partial charge in [0.15, 0.2) is 11.9 Å². The number of aldehydes is 1. The molecule has 0 bridgehead atoms. The summed E-state index contributed by atoms with van der Waals surface area (Å²) in [6.45, 7) is 0.711. The predicted molar refractivity (Wildman–Crippen MR) is 106 cm³/mol. The van der Waals surface area contributed by atoms with Crippen molar-refractivity contribution in [3.05, 3.63) is 53.0 Å². The number of hydrogen-bond donors (Lipinski definition) is 0. The quantitative estimate of drug-likeness (QED) is 0.396. The molecule has 1 saturated heterocycles. The summed E-state index contributed by atoms with van der Waals surface area (Å²) in [5.41, 5.74) is -1.61. The zero-order chi connectivity index (χ0) is 24.0. The van der Waals surface area contributed by atoms with Crippen LogP contribution in [0, 0.1) is 0 Å². The second kappa shape index (κ2) is 8.23. The van der Waals surface area contributed by atoms with E-state index in [2.05, 4.69) is 10.2 Å². The van der Waals surface area contributed by atoms with E-state index >= 15 is 0 Å². The van der Waals surface area contributed by atoms with Crippen LogP contribution in [0.4, 0.5) is 32.0 Å². The third kappa shape index (κ3) is 4.46. The molecule has 3 heterocycles. The van der Waals surface area contributed by atoms with Crippen molar-refractivity contribution in [1.29, 1.82) is 0 Å². The number of carbonyl (C=O) groups excluding carboxylic acids is 1. The molecule has 0 radical (unpaired) electrons. The maximum absolute atomic E-state index is 13.2. The first-order valence-corrected chi connectivity index (χ1v) is 9.93. The molecular weight excluding hydrogens is 454 g/mol. The van der Waals surface area contributed by atoms with Crippen molar-refractivity contribution in [2.24, 2.45) is 0 Å². The lowest BCUT2D eigenvalue weighted by molar-refractivity contribution is -0.143. The molecule has 0 aliphatic carbocycles. The maximum Gasteiger partial charge on any atom is 0.416 e. The smallest absolute Gasteiger partial charge is 0.416 e. The Kier molecular flexibility index (Phi) is 5.71. The first-order valence-electron chi connectivity index (χ1n) is 9.93. The number of piperidine rings is 1. The van der Waals surface area contributed by atoms with Crippen molar-refractivity contribution >= 4 is 17.6 Å². The summed E-state index contributed by atoms with van der Waals surface area (Å²) in [5.74, 6) is 0.0357. The predicted octanol–water partition coefficient (Wildman–Crippen LogP) is 4.97. The van der Waals surface area contributed by atoms with Crippen LogP contribution in [-0.2, 0) is 12.4 Å². The minimum Gasteiger partial charge on any atom is -0.495 e. The molecule has 12 heteroatoms. The fourth-order valence-corrected chi connectivity index (χ4v) is 4.06. The van der Waals surface area contributed by atoms with E-state index in [0.29, 0.717) is 49.3 Å². The van der Waals surface area contributed by atoms with Gasteiger partial charge in [-0.3, -0.25) is 9.20 Å². The lowest BCUT2D eigenvalue weighted by Gasteiger charge is -2.34. The van der Waals surface area contributed by atoms with Gasteiger partial charge in [-0.1, -0.05) is 0 Å². The van der Waals surface area contributed by atoms with Gasteiger partial charge in [0.2, 0.25) is 5.82 Å². The van der Waals surface area contributed by atoms with Crippen molar-refractivity contribution in [1.82, 2.24) is 14.6 Å². The number of benzene rings is 1. The fourth-order valence-electron chi connectivity index (χ4n) is 4.06. The van der Waals surface area contributed by atoms with E-state index in [1.54, 1.807) is 12.3 Å². The molecule has 176 valence electrons. The van der Waals surface area contributed by atoms with Gasteiger partial charge in [0.05, 0.1) is 30.1 Å². The zero-order valence-corrected chi connectivity index (χ0v) is 17.2. The number of anilines is 1. The average Bonchev–Trinajstić information content (AvgIpc) is 3.20. The molecule has 0 unspecified atom stereocenters. The van der Waals surface area contributed by atoms with Crippen LogP contribution in [-0.4, -0.2) is 41.1 Å². The molecule has 6 nitrogen and oxygen atoms in total. The molecule has 3 aromatic rings. The second-order valence-corrected chi connectivity index (χ2v) is 7.74. The Morgan fingerprint density at radius 1 is 0.970 bits per heavy atom. The van der Waals surface area contributed by atoms with Crippen LogP contribution in [0.3, 0.4) is 0 Å². The highest BCUT2D eigenvalue weighted by molar-refractivity contribution is 5.77. The number of carbonyl (C=O) groups is 1. The minimum atomic E-state index is -4.88. The van der Waals surface area contributed by atoms with E-state index < -0.39 is 29.4 Å². The van der Waals surface area contributed by atoms with Crippen LogP contribution < -0.4 is 9.64 Å². The Morgan fingerprint density at radius 3 is 2.09 bits per heavy atom. The summed E-state index contributed by atoms with van der Waals surface area (Å²) in [5, 5.41) is 7.85. The van der Waals surface area contributed by atoms with Crippen LogP contribution in [0.2, 0.25) is 0 Å². The van der Waals surface area contributed by atoms with Gasteiger partial charge in [0.1, 0.15) is 5.75 Å². The lowest BCUT2D eigenvalue weighted by atomic mass is 9.87. The van der Waals surface area contributed by atoms with Crippen molar-refractivity contribution in [3.8, 4) is 5.75 Å². The first-order chi connectivity index (χ1) is 15.5. The topological polar surface area (TPSA) is 59.7 Å². The van der Waals surface area contributed by atoms with Gasteiger partial charge in [-0.05, 0) is 42.5 Å². The normalized spacial score (nSPS) is 15.8. The Labute approximate surface area is 183 Å². The van der Waals surface area contributed by atoms with Crippen LogP contribution in [0.25, 0.3) is 5.65 Å². The number of hydrogen-bond acceptors (Lipinski definition) is 5. The molecule has 0 atom stereocenters. The third-order valence-electron chi connectivity index (χ3n) is 5.74. The summed E-state index contributed by atoms with van der Waals surface area (Å²) in [6.07, 6.45) is -7.01. The number of pyridine rings is 1. The second-order valence-electron chi connectivity index (χ2n) is 7.74. The average molecular weight is 472 g/mol. The summed E-state index contributed by atoms with van der Waals surface area (Å²) in [7, 11) is 1.45. The summed E-state index contributed by atoms with van der Waals surface area (Å²) >= 11 is 0. The molecule has 0 N–H and O–H groups in total. The number of methoxy groups -OCH3 is 1. The monoisotopic (exact) mass is 472 g/mol. The Bertz CT molecular complexity index is 1150. The number of rotatable bonds is 4. The number of alkyl halides is 6. The zero-order valence-electron chi connectivity index (χ0n) is 17.2. The van der Waals surface area contributed by atoms with Crippen LogP contribution in [0.1, 0.15) is 46.1 Å². The van der Waals surface area contributed by atoms with E-state index in [9.17, 15) is 31.1 Å².